The summed E-state index contributed by atoms with van der Waals surface area (Å²) >= 11 is 7.82. The molecule has 6 nitrogen and oxygen atoms in total. The molecule has 1 fully saturated rings. The van der Waals surface area contributed by atoms with Gasteiger partial charge in [-0.25, -0.2) is 4.68 Å². The third-order valence-corrected chi connectivity index (χ3v) is 6.92. The molecule has 0 saturated carbocycles. The van der Waals surface area contributed by atoms with Gasteiger partial charge in [0.25, 0.3) is 5.91 Å². The average molecular weight is 564 g/mol. The first-order valence-electron chi connectivity index (χ1n) is 11.0. The predicted octanol–water partition coefficient (Wildman–Crippen LogP) is 5.50. The highest BCUT2D eigenvalue weighted by molar-refractivity contribution is 7.99. The molecule has 0 bridgehead atoms. The first-order valence-corrected chi connectivity index (χ1v) is 12.5. The van der Waals surface area contributed by atoms with Crippen molar-refractivity contribution in [2.45, 2.75) is 25.4 Å². The second kappa shape index (κ2) is 10.8. The van der Waals surface area contributed by atoms with Gasteiger partial charge in [0.2, 0.25) is 0 Å². The molecule has 198 valence electrons. The van der Waals surface area contributed by atoms with Crippen molar-refractivity contribution in [1.82, 2.24) is 20.3 Å². The summed E-state index contributed by atoms with van der Waals surface area (Å²) in [6.45, 7) is 0.637. The van der Waals surface area contributed by atoms with E-state index in [4.69, 9.17) is 11.6 Å². The van der Waals surface area contributed by atoms with Crippen LogP contribution in [0.15, 0.2) is 42.5 Å². The average Bonchev–Trinajstić information content (AvgIpc) is 3.26. The van der Waals surface area contributed by atoms with Crippen LogP contribution in [-0.4, -0.2) is 45.5 Å². The maximum Gasteiger partial charge on any atom is 0.416 e. The number of hydrogen-bond acceptors (Lipinski definition) is 5. The number of thioether (sulfide) groups is 1. The molecule has 0 aliphatic carbocycles. The molecule has 1 amide bonds. The summed E-state index contributed by atoms with van der Waals surface area (Å²) in [5, 5.41) is 11.0. The lowest BCUT2D eigenvalue weighted by molar-refractivity contribution is -0.143. The fraction of sp³-hybridized carbons (Fsp3) is 0.348. The smallest absolute Gasteiger partial charge is 0.353 e. The molecule has 3 aromatic rings. The zero-order valence-electron chi connectivity index (χ0n) is 19.0. The molecule has 1 saturated heterocycles. The Morgan fingerprint density at radius 2 is 1.62 bits per heavy atom. The van der Waals surface area contributed by atoms with Gasteiger partial charge in [-0.1, -0.05) is 35.0 Å². The van der Waals surface area contributed by atoms with E-state index in [1.165, 1.54) is 0 Å². The second-order valence-electron chi connectivity index (χ2n) is 8.21. The number of alkyl halides is 6. The Bertz CT molecular complexity index is 1240. The molecule has 0 atom stereocenters. The Balaban J connectivity index is 1.68. The highest BCUT2D eigenvalue weighted by Crippen LogP contribution is 2.37. The molecule has 2 heterocycles. The number of carbonyl (C=O) groups is 1. The maximum absolute atomic E-state index is 13.3. The van der Waals surface area contributed by atoms with Crippen LogP contribution in [0.1, 0.15) is 32.7 Å². The van der Waals surface area contributed by atoms with Crippen LogP contribution < -0.4 is 10.2 Å². The molecule has 0 radical (unpaired) electrons. The molecule has 1 N–H and O–H groups in total. The summed E-state index contributed by atoms with van der Waals surface area (Å²) < 4.78 is 81.2. The van der Waals surface area contributed by atoms with Crippen molar-refractivity contribution in [3.8, 4) is 0 Å². The first-order chi connectivity index (χ1) is 17.4. The molecule has 0 unspecified atom stereocenters. The van der Waals surface area contributed by atoms with Gasteiger partial charge in [0, 0.05) is 36.2 Å². The lowest BCUT2D eigenvalue weighted by Gasteiger charge is -2.29. The van der Waals surface area contributed by atoms with E-state index >= 15 is 0 Å². The Hall–Kier alpha value is -2.93. The number of amides is 1. The number of halogens is 7. The van der Waals surface area contributed by atoms with Crippen LogP contribution in [0.4, 0.5) is 32.2 Å². The molecule has 1 aromatic heterocycles. The number of rotatable bonds is 6. The van der Waals surface area contributed by atoms with Crippen LogP contribution in [-0.2, 0) is 25.4 Å². The van der Waals surface area contributed by atoms with Gasteiger partial charge in [-0.05, 0) is 35.4 Å². The zero-order chi connectivity index (χ0) is 26.8. The van der Waals surface area contributed by atoms with Crippen molar-refractivity contribution >= 4 is 35.1 Å². The summed E-state index contributed by atoms with van der Waals surface area (Å²) in [6.07, 6.45) is -9.95. The summed E-state index contributed by atoms with van der Waals surface area (Å²) in [7, 11) is 0. The van der Waals surface area contributed by atoms with E-state index < -0.39 is 35.9 Å². The quantitative estimate of drug-likeness (QED) is 0.401. The minimum Gasteiger partial charge on any atom is -0.353 e. The van der Waals surface area contributed by atoms with Crippen LogP contribution in [0.3, 0.4) is 0 Å². The standard InChI is InChI=1S/C23H20ClF6N5OS/c24-18-4-2-1-3-15(18)12-31-20(36)19-21(34-5-7-37-8-6-34)35(33-32-19)13-14-9-16(22(25,26)27)11-17(10-14)23(28,29)30/h1-4,9-11H,5-8,12-13H2,(H,31,36). The van der Waals surface area contributed by atoms with E-state index in [0.29, 0.717) is 47.3 Å². The monoisotopic (exact) mass is 563 g/mol. The zero-order valence-corrected chi connectivity index (χ0v) is 20.6. The van der Waals surface area contributed by atoms with Crippen molar-refractivity contribution in [3.05, 3.63) is 75.4 Å². The molecule has 37 heavy (non-hydrogen) atoms. The van der Waals surface area contributed by atoms with Gasteiger partial charge in [-0.2, -0.15) is 38.1 Å². The molecule has 14 heteroatoms. The van der Waals surface area contributed by atoms with Crippen LogP contribution in [0.2, 0.25) is 5.02 Å². The number of anilines is 1. The maximum atomic E-state index is 13.3. The molecule has 0 spiro atoms. The van der Waals surface area contributed by atoms with Crippen LogP contribution in [0.25, 0.3) is 0 Å². The Kier molecular flexibility index (Phi) is 7.93. The topological polar surface area (TPSA) is 63.1 Å². The van der Waals surface area contributed by atoms with Crippen LogP contribution >= 0.6 is 23.4 Å². The van der Waals surface area contributed by atoms with Gasteiger partial charge in [-0.3, -0.25) is 4.79 Å². The highest BCUT2D eigenvalue weighted by Gasteiger charge is 2.37. The fourth-order valence-corrected chi connectivity index (χ4v) is 4.94. The second-order valence-corrected chi connectivity index (χ2v) is 9.84. The van der Waals surface area contributed by atoms with Gasteiger partial charge in [0.15, 0.2) is 11.5 Å². The number of nitrogens with zero attached hydrogens (tertiary/aromatic N) is 4. The Morgan fingerprint density at radius 3 is 2.22 bits per heavy atom. The Morgan fingerprint density at radius 1 is 1.00 bits per heavy atom. The fourth-order valence-electron chi connectivity index (χ4n) is 3.83. The number of aromatic nitrogens is 3. The van der Waals surface area contributed by atoms with E-state index in [-0.39, 0.29) is 29.7 Å². The van der Waals surface area contributed by atoms with Gasteiger partial charge >= 0.3 is 12.4 Å². The molecule has 2 aromatic carbocycles. The van der Waals surface area contributed by atoms with Gasteiger partial charge in [0.05, 0.1) is 17.7 Å². The normalized spacial score (nSPS) is 14.6. The number of carbonyl (C=O) groups excluding carboxylic acids is 1. The highest BCUT2D eigenvalue weighted by atomic mass is 35.5. The minimum atomic E-state index is -4.98. The van der Waals surface area contributed by atoms with E-state index in [9.17, 15) is 31.1 Å². The molecule has 1 aliphatic rings. The van der Waals surface area contributed by atoms with Crippen molar-refractivity contribution < 1.29 is 31.1 Å². The summed E-state index contributed by atoms with van der Waals surface area (Å²) in [4.78, 5) is 14.8. The van der Waals surface area contributed by atoms with Crippen molar-refractivity contribution in [1.29, 1.82) is 0 Å². The third-order valence-electron chi connectivity index (χ3n) is 5.61. The number of nitrogens with one attached hydrogen (secondary N) is 1. The van der Waals surface area contributed by atoms with E-state index in [0.717, 1.165) is 4.68 Å². The van der Waals surface area contributed by atoms with Crippen molar-refractivity contribution in [2.75, 3.05) is 29.5 Å². The van der Waals surface area contributed by atoms with Gasteiger partial charge in [0.1, 0.15) is 0 Å². The van der Waals surface area contributed by atoms with E-state index in [1.807, 2.05) is 0 Å². The van der Waals surface area contributed by atoms with E-state index in [1.54, 1.807) is 40.9 Å². The third kappa shape index (κ3) is 6.50. The van der Waals surface area contributed by atoms with Crippen molar-refractivity contribution in [2.24, 2.45) is 0 Å². The SMILES string of the molecule is O=C(NCc1ccccc1Cl)c1nnn(Cc2cc(C(F)(F)F)cc(C(F)(F)F)c2)c1N1CCSCC1. The lowest BCUT2D eigenvalue weighted by Crippen LogP contribution is -2.36. The minimum absolute atomic E-state index is 0.0706. The molecular weight excluding hydrogens is 544 g/mol. The predicted molar refractivity (Wildman–Crippen MR) is 128 cm³/mol. The largest absolute Gasteiger partial charge is 0.416 e. The molecule has 1 aliphatic heterocycles. The van der Waals surface area contributed by atoms with Crippen LogP contribution in [0.5, 0.6) is 0 Å². The van der Waals surface area contributed by atoms with Gasteiger partial charge in [-0.15, -0.1) is 5.10 Å². The Labute approximate surface area is 217 Å². The first kappa shape index (κ1) is 27.1. The molecule has 4 rings (SSSR count). The van der Waals surface area contributed by atoms with Crippen molar-refractivity contribution in [3.63, 3.8) is 0 Å². The summed E-state index contributed by atoms with van der Waals surface area (Å²) in [6, 6.07) is 8.25. The van der Waals surface area contributed by atoms with Crippen LogP contribution in [0, 0.1) is 0 Å². The molecular formula is C23H20ClF6N5OS. The lowest BCUT2D eigenvalue weighted by atomic mass is 10.0. The number of hydrogen-bond donors (Lipinski definition) is 1. The van der Waals surface area contributed by atoms with E-state index in [2.05, 4.69) is 15.6 Å². The van der Waals surface area contributed by atoms with Gasteiger partial charge < -0.3 is 10.2 Å². The number of benzene rings is 2. The summed E-state index contributed by atoms with van der Waals surface area (Å²) in [5.74, 6) is 1.06. The summed E-state index contributed by atoms with van der Waals surface area (Å²) in [5.41, 5.74) is -2.55.